The van der Waals surface area contributed by atoms with Crippen LogP contribution in [0.1, 0.15) is 37.8 Å². The number of nitrogens with zero attached hydrogens (tertiary/aromatic N) is 3. The Morgan fingerprint density at radius 3 is 2.91 bits per heavy atom. The summed E-state index contributed by atoms with van der Waals surface area (Å²) in [5.74, 6) is 0.264. The number of ether oxygens (including phenoxy) is 1. The molecule has 2 aromatic heterocycles. The lowest BCUT2D eigenvalue weighted by atomic mass is 9.93. The van der Waals surface area contributed by atoms with Crippen LogP contribution in [0.4, 0.5) is 5.13 Å². The van der Waals surface area contributed by atoms with Crippen LogP contribution < -0.4 is 10.1 Å². The maximum atomic E-state index is 12.7. The van der Waals surface area contributed by atoms with E-state index in [2.05, 4.69) is 41.3 Å². The lowest BCUT2D eigenvalue weighted by Crippen LogP contribution is -2.30. The van der Waals surface area contributed by atoms with Gasteiger partial charge in [-0.05, 0) is 35.6 Å². The lowest BCUT2D eigenvalue weighted by molar-refractivity contribution is -0.128. The van der Waals surface area contributed by atoms with Gasteiger partial charge in [0.2, 0.25) is 16.9 Å². The number of methoxy groups -OCH3 is 1. The summed E-state index contributed by atoms with van der Waals surface area (Å²) in [6.07, 6.45) is 3.70. The molecule has 1 aliphatic heterocycles. The number of amides is 2. The highest BCUT2D eigenvalue weighted by atomic mass is 32.1. The number of nitrogens with one attached hydrogen (secondary N) is 2. The molecule has 1 fully saturated rings. The molecule has 2 N–H and O–H groups in total. The van der Waals surface area contributed by atoms with Crippen LogP contribution in [0.15, 0.2) is 24.4 Å². The maximum Gasteiger partial charge on any atom is 0.231 e. The molecule has 0 saturated carbocycles. The van der Waals surface area contributed by atoms with Crippen LogP contribution in [-0.4, -0.2) is 52.1 Å². The van der Waals surface area contributed by atoms with Gasteiger partial charge in [-0.2, -0.15) is 0 Å². The van der Waals surface area contributed by atoms with Crippen LogP contribution in [0.5, 0.6) is 5.75 Å². The first-order valence-corrected chi connectivity index (χ1v) is 11.6. The summed E-state index contributed by atoms with van der Waals surface area (Å²) in [5.41, 5.74) is 2.27. The Labute approximate surface area is 191 Å². The number of carbonyl (C=O) groups is 2. The van der Waals surface area contributed by atoms with Crippen molar-refractivity contribution in [1.29, 1.82) is 0 Å². The van der Waals surface area contributed by atoms with Crippen LogP contribution in [0, 0.1) is 11.3 Å². The second-order valence-corrected chi connectivity index (χ2v) is 10.5. The van der Waals surface area contributed by atoms with Gasteiger partial charge in [0, 0.05) is 43.0 Å². The first kappa shape index (κ1) is 22.3. The summed E-state index contributed by atoms with van der Waals surface area (Å²) in [5, 5.41) is 13.6. The Morgan fingerprint density at radius 1 is 1.34 bits per heavy atom. The van der Waals surface area contributed by atoms with Crippen molar-refractivity contribution >= 4 is 39.2 Å². The van der Waals surface area contributed by atoms with E-state index < -0.39 is 0 Å². The topological polar surface area (TPSA) is 100 Å². The fraction of sp³-hybridized carbons (Fsp3) is 0.478. The predicted molar refractivity (Wildman–Crippen MR) is 125 cm³/mol. The summed E-state index contributed by atoms with van der Waals surface area (Å²) < 4.78 is 5.32. The van der Waals surface area contributed by atoms with E-state index in [9.17, 15) is 9.59 Å². The summed E-state index contributed by atoms with van der Waals surface area (Å²) in [6, 6.07) is 5.90. The van der Waals surface area contributed by atoms with Crippen molar-refractivity contribution in [3.8, 4) is 5.75 Å². The van der Waals surface area contributed by atoms with E-state index in [4.69, 9.17) is 4.74 Å². The van der Waals surface area contributed by atoms with Crippen LogP contribution in [0.2, 0.25) is 0 Å². The number of hydrogen-bond acceptors (Lipinski definition) is 6. The minimum atomic E-state index is -0.375. The van der Waals surface area contributed by atoms with Gasteiger partial charge in [-0.1, -0.05) is 32.1 Å². The summed E-state index contributed by atoms with van der Waals surface area (Å²) in [6.45, 7) is 7.40. The number of aromatic nitrogens is 3. The summed E-state index contributed by atoms with van der Waals surface area (Å²) in [7, 11) is 1.65. The standard InChI is InChI=1S/C23H29N5O3S/c1-23(2,3)11-19-26-27-22(32-19)25-21(30)15-9-20(29)28(13-15)8-7-14-12-24-18-6-5-16(31-4)10-17(14)18/h5-6,10,12,15,24H,7-9,11,13H2,1-4H3,(H,25,27,30). The van der Waals surface area contributed by atoms with Crippen LogP contribution in [0.25, 0.3) is 10.9 Å². The van der Waals surface area contributed by atoms with Gasteiger partial charge >= 0.3 is 0 Å². The highest BCUT2D eigenvalue weighted by molar-refractivity contribution is 7.15. The van der Waals surface area contributed by atoms with Gasteiger partial charge < -0.3 is 19.9 Å². The SMILES string of the molecule is COc1ccc2[nH]cc(CCN3CC(C(=O)Nc4nnc(CC(C)(C)C)s4)CC3=O)c2c1. The van der Waals surface area contributed by atoms with Crippen molar-refractivity contribution in [2.24, 2.45) is 11.3 Å². The number of hydrogen-bond donors (Lipinski definition) is 2. The van der Waals surface area contributed by atoms with Gasteiger partial charge in [-0.15, -0.1) is 10.2 Å². The molecule has 1 unspecified atom stereocenters. The van der Waals surface area contributed by atoms with Crippen LogP contribution in [-0.2, 0) is 22.4 Å². The fourth-order valence-electron chi connectivity index (χ4n) is 3.95. The second kappa shape index (κ2) is 8.90. The first-order chi connectivity index (χ1) is 15.2. The molecule has 0 aliphatic carbocycles. The zero-order chi connectivity index (χ0) is 22.9. The Morgan fingerprint density at radius 2 is 2.16 bits per heavy atom. The van der Waals surface area contributed by atoms with E-state index in [0.717, 1.165) is 33.6 Å². The Bertz CT molecular complexity index is 1130. The largest absolute Gasteiger partial charge is 0.497 e. The van der Waals surface area contributed by atoms with Gasteiger partial charge in [-0.25, -0.2) is 0 Å². The Hall–Kier alpha value is -2.94. The third-order valence-corrected chi connectivity index (χ3v) is 6.43. The van der Waals surface area contributed by atoms with Crippen molar-refractivity contribution in [1.82, 2.24) is 20.1 Å². The molecule has 0 bridgehead atoms. The predicted octanol–water partition coefficient (Wildman–Crippen LogP) is 3.65. The fourth-order valence-corrected chi connectivity index (χ4v) is 4.99. The van der Waals surface area contributed by atoms with Crippen LogP contribution >= 0.6 is 11.3 Å². The maximum absolute atomic E-state index is 12.7. The van der Waals surface area contributed by atoms with Gasteiger partial charge in [-0.3, -0.25) is 9.59 Å². The smallest absolute Gasteiger partial charge is 0.231 e. The highest BCUT2D eigenvalue weighted by Crippen LogP contribution is 2.27. The third-order valence-electron chi connectivity index (χ3n) is 5.59. The van der Waals surface area contributed by atoms with Crippen molar-refractivity contribution in [3.63, 3.8) is 0 Å². The number of anilines is 1. The molecule has 8 nitrogen and oxygen atoms in total. The van der Waals surface area contributed by atoms with E-state index in [-0.39, 0.29) is 29.6 Å². The van der Waals surface area contributed by atoms with Crippen molar-refractivity contribution < 1.29 is 14.3 Å². The minimum absolute atomic E-state index is 0.00765. The number of aromatic amines is 1. The number of benzene rings is 1. The average Bonchev–Trinajstić information content (AvgIpc) is 3.43. The normalized spacial score (nSPS) is 16.7. The number of rotatable bonds is 7. The second-order valence-electron chi connectivity index (χ2n) is 9.44. The molecule has 32 heavy (non-hydrogen) atoms. The van der Waals surface area contributed by atoms with E-state index in [1.54, 1.807) is 12.0 Å². The third kappa shape index (κ3) is 5.09. The first-order valence-electron chi connectivity index (χ1n) is 10.8. The zero-order valence-electron chi connectivity index (χ0n) is 18.9. The van der Waals surface area contributed by atoms with Gasteiger partial charge in [0.25, 0.3) is 0 Å². The molecule has 2 amide bonds. The van der Waals surface area contributed by atoms with E-state index in [1.165, 1.54) is 11.3 Å². The molecule has 3 aromatic rings. The molecule has 3 heterocycles. The van der Waals surface area contributed by atoms with E-state index >= 15 is 0 Å². The molecule has 1 aliphatic rings. The Kier molecular flexibility index (Phi) is 6.19. The molecule has 1 aromatic carbocycles. The van der Waals surface area contributed by atoms with Crippen molar-refractivity contribution in [3.05, 3.63) is 35.0 Å². The molecule has 1 saturated heterocycles. The van der Waals surface area contributed by atoms with Gasteiger partial charge in [0.1, 0.15) is 10.8 Å². The number of carbonyl (C=O) groups excluding carboxylic acids is 2. The number of fused-ring (bicyclic) bond motifs is 1. The molecule has 0 spiro atoms. The summed E-state index contributed by atoms with van der Waals surface area (Å²) in [4.78, 5) is 30.3. The zero-order valence-corrected chi connectivity index (χ0v) is 19.7. The minimum Gasteiger partial charge on any atom is -0.497 e. The molecule has 1 atom stereocenters. The molecule has 4 rings (SSSR count). The quantitative estimate of drug-likeness (QED) is 0.566. The monoisotopic (exact) mass is 455 g/mol. The lowest BCUT2D eigenvalue weighted by Gasteiger charge is -2.16. The molecule has 170 valence electrons. The molecule has 0 radical (unpaired) electrons. The molecular formula is C23H29N5O3S. The highest BCUT2D eigenvalue weighted by Gasteiger charge is 2.34. The number of H-pyrrole nitrogens is 1. The van der Waals surface area contributed by atoms with Gasteiger partial charge in [0.15, 0.2) is 0 Å². The Balaban J connectivity index is 1.34. The van der Waals surface area contributed by atoms with Crippen LogP contribution in [0.3, 0.4) is 0 Å². The molecular weight excluding hydrogens is 426 g/mol. The van der Waals surface area contributed by atoms with Crippen molar-refractivity contribution in [2.45, 2.75) is 40.0 Å². The summed E-state index contributed by atoms with van der Waals surface area (Å²) >= 11 is 1.39. The van der Waals surface area contributed by atoms with E-state index in [1.807, 2.05) is 24.4 Å². The molecule has 9 heteroatoms. The van der Waals surface area contributed by atoms with Gasteiger partial charge in [0.05, 0.1) is 13.0 Å². The average molecular weight is 456 g/mol. The van der Waals surface area contributed by atoms with Crippen molar-refractivity contribution in [2.75, 3.05) is 25.5 Å². The van der Waals surface area contributed by atoms with E-state index in [0.29, 0.717) is 24.6 Å². The number of likely N-dealkylation sites (tertiary alicyclic amines) is 1.